The lowest BCUT2D eigenvalue weighted by Crippen LogP contribution is -2.37. The van der Waals surface area contributed by atoms with Crippen molar-refractivity contribution in [1.82, 2.24) is 0 Å². The summed E-state index contributed by atoms with van der Waals surface area (Å²) in [5.41, 5.74) is 0. The van der Waals surface area contributed by atoms with Crippen molar-refractivity contribution in [3.63, 3.8) is 0 Å². The van der Waals surface area contributed by atoms with Gasteiger partial charge in [-0.15, -0.1) is 0 Å². The lowest BCUT2D eigenvalue weighted by atomic mass is 10.0. The van der Waals surface area contributed by atoms with Crippen molar-refractivity contribution in [1.29, 1.82) is 0 Å². The Morgan fingerprint density at radius 1 is 0.655 bits per heavy atom. The van der Waals surface area contributed by atoms with E-state index in [4.69, 9.17) is 23.8 Å². The molecular formula is C44H87NO9P+. The third-order valence-corrected chi connectivity index (χ3v) is 10.7. The van der Waals surface area contributed by atoms with E-state index in [0.717, 1.165) is 77.0 Å². The molecule has 326 valence electrons. The third kappa shape index (κ3) is 40.9. The molecular weight excluding hydrogens is 717 g/mol. The van der Waals surface area contributed by atoms with Gasteiger partial charge in [-0.25, -0.2) is 9.45 Å². The molecule has 0 aromatic heterocycles. The highest BCUT2D eigenvalue weighted by Gasteiger charge is 2.26. The van der Waals surface area contributed by atoms with Crippen LogP contribution in [-0.2, 0) is 32.8 Å². The molecule has 0 fully saturated rings. The molecule has 0 aliphatic heterocycles. The Hall–Kier alpha value is -1.10. The number of unbranched alkanes of at least 4 members (excludes halogenated alkanes) is 22. The summed E-state index contributed by atoms with van der Waals surface area (Å²) in [5, 5.41) is 9.03. The van der Waals surface area contributed by atoms with Gasteiger partial charge in [-0.05, 0) is 32.1 Å². The SMILES string of the molecule is CCCCCCCCCCCCCCCCCCOCC(COP(=O)(O)OCC[N+](C)(C)C)OC(=O)CCCCCCC/C=C\C=C\C(CCCCC)OO. The topological polar surface area (TPSA) is 121 Å². The Kier molecular flexibility index (Phi) is 37.7. The van der Waals surface area contributed by atoms with Gasteiger partial charge >= 0.3 is 13.8 Å². The molecule has 0 aromatic rings. The van der Waals surface area contributed by atoms with Crippen molar-refractivity contribution < 1.29 is 47.4 Å². The predicted molar refractivity (Wildman–Crippen MR) is 227 cm³/mol. The van der Waals surface area contributed by atoms with Gasteiger partial charge in [0.15, 0.2) is 0 Å². The molecule has 55 heavy (non-hydrogen) atoms. The van der Waals surface area contributed by atoms with Gasteiger partial charge in [-0.1, -0.05) is 173 Å². The number of hydrogen-bond acceptors (Lipinski definition) is 8. The summed E-state index contributed by atoms with van der Waals surface area (Å²) in [4.78, 5) is 27.4. The fraction of sp³-hybridized carbons (Fsp3) is 0.886. The van der Waals surface area contributed by atoms with E-state index in [0.29, 0.717) is 17.6 Å². The van der Waals surface area contributed by atoms with E-state index in [1.807, 2.05) is 39.4 Å². The molecule has 3 unspecified atom stereocenters. The molecule has 3 atom stereocenters. The minimum Gasteiger partial charge on any atom is -0.457 e. The average Bonchev–Trinajstić information content (AvgIpc) is 3.14. The highest BCUT2D eigenvalue weighted by molar-refractivity contribution is 7.47. The summed E-state index contributed by atoms with van der Waals surface area (Å²) < 4.78 is 35.0. The van der Waals surface area contributed by atoms with Crippen molar-refractivity contribution in [3.8, 4) is 0 Å². The van der Waals surface area contributed by atoms with E-state index in [1.165, 1.54) is 89.9 Å². The maximum Gasteiger partial charge on any atom is 0.472 e. The zero-order valence-corrected chi connectivity index (χ0v) is 37.1. The summed E-state index contributed by atoms with van der Waals surface area (Å²) in [6.45, 7) is 5.43. The molecule has 0 aliphatic carbocycles. The van der Waals surface area contributed by atoms with E-state index in [2.05, 4.69) is 24.8 Å². The Morgan fingerprint density at radius 3 is 1.75 bits per heavy atom. The van der Waals surface area contributed by atoms with Crippen molar-refractivity contribution in [2.75, 3.05) is 54.1 Å². The molecule has 0 heterocycles. The maximum absolute atomic E-state index is 12.7. The smallest absolute Gasteiger partial charge is 0.457 e. The van der Waals surface area contributed by atoms with Gasteiger partial charge < -0.3 is 18.9 Å². The van der Waals surface area contributed by atoms with Crippen LogP contribution in [0.3, 0.4) is 0 Å². The highest BCUT2D eigenvalue weighted by Crippen LogP contribution is 2.43. The van der Waals surface area contributed by atoms with Crippen LogP contribution in [0.1, 0.15) is 187 Å². The molecule has 0 amide bonds. The number of allylic oxidation sites excluding steroid dienone is 3. The number of likely N-dealkylation sites (N-methyl/N-ethyl adjacent to an activating group) is 1. The zero-order valence-electron chi connectivity index (χ0n) is 36.2. The Bertz CT molecular complexity index is 956. The lowest BCUT2D eigenvalue weighted by Gasteiger charge is -2.24. The number of phosphoric acid groups is 1. The van der Waals surface area contributed by atoms with Crippen LogP contribution in [0.5, 0.6) is 0 Å². The number of hydrogen-bond donors (Lipinski definition) is 2. The summed E-state index contributed by atoms with van der Waals surface area (Å²) in [7, 11) is 1.62. The molecule has 0 bridgehead atoms. The van der Waals surface area contributed by atoms with Gasteiger partial charge in [0.2, 0.25) is 0 Å². The number of quaternary nitrogens is 1. The van der Waals surface area contributed by atoms with E-state index in [1.54, 1.807) is 0 Å². The molecule has 0 aromatic carbocycles. The van der Waals surface area contributed by atoms with Gasteiger partial charge in [0, 0.05) is 13.0 Å². The summed E-state index contributed by atoms with van der Waals surface area (Å²) in [5.74, 6) is -0.354. The normalized spacial score (nSPS) is 14.5. The fourth-order valence-corrected chi connectivity index (χ4v) is 6.92. The van der Waals surface area contributed by atoms with Crippen LogP contribution in [0.15, 0.2) is 24.3 Å². The second-order valence-corrected chi connectivity index (χ2v) is 17.8. The van der Waals surface area contributed by atoms with Gasteiger partial charge in [0.1, 0.15) is 25.4 Å². The number of rotatable bonds is 42. The van der Waals surface area contributed by atoms with E-state index < -0.39 is 13.9 Å². The van der Waals surface area contributed by atoms with Gasteiger partial charge in [-0.2, -0.15) is 0 Å². The van der Waals surface area contributed by atoms with Crippen LogP contribution in [0.4, 0.5) is 0 Å². The summed E-state index contributed by atoms with van der Waals surface area (Å²) in [6.07, 6.45) is 38.0. The number of carbonyl (C=O) groups is 1. The van der Waals surface area contributed by atoms with Crippen LogP contribution < -0.4 is 0 Å². The van der Waals surface area contributed by atoms with Crippen molar-refractivity contribution in [2.45, 2.75) is 199 Å². The first-order chi connectivity index (χ1) is 26.5. The largest absolute Gasteiger partial charge is 0.472 e. The average molecular weight is 805 g/mol. The van der Waals surface area contributed by atoms with Crippen LogP contribution >= 0.6 is 7.82 Å². The minimum absolute atomic E-state index is 0.0739. The van der Waals surface area contributed by atoms with Gasteiger partial charge in [0.05, 0.1) is 34.4 Å². The summed E-state index contributed by atoms with van der Waals surface area (Å²) in [6, 6.07) is 0. The number of ether oxygens (including phenoxy) is 2. The molecule has 0 saturated carbocycles. The minimum atomic E-state index is -4.29. The van der Waals surface area contributed by atoms with Crippen molar-refractivity contribution >= 4 is 13.8 Å². The molecule has 0 rings (SSSR count). The number of esters is 1. The predicted octanol–water partition coefficient (Wildman–Crippen LogP) is 12.3. The fourth-order valence-electron chi connectivity index (χ4n) is 6.18. The van der Waals surface area contributed by atoms with Gasteiger partial charge in [-0.3, -0.25) is 19.1 Å². The quantitative estimate of drug-likeness (QED) is 0.0118. The molecule has 11 heteroatoms. The first-order valence-electron chi connectivity index (χ1n) is 22.4. The maximum atomic E-state index is 12.7. The molecule has 0 spiro atoms. The molecule has 0 aliphatic rings. The Balaban J connectivity index is 4.31. The molecule has 0 saturated heterocycles. The van der Waals surface area contributed by atoms with Crippen LogP contribution in [0.25, 0.3) is 0 Å². The number of phosphoric ester groups is 1. The van der Waals surface area contributed by atoms with Crippen LogP contribution in [-0.4, -0.2) is 86.9 Å². The van der Waals surface area contributed by atoms with Gasteiger partial charge in [0.25, 0.3) is 0 Å². The number of carbonyl (C=O) groups excluding carboxylic acids is 1. The second-order valence-electron chi connectivity index (χ2n) is 16.4. The monoisotopic (exact) mass is 805 g/mol. The first kappa shape index (κ1) is 53.9. The second kappa shape index (κ2) is 38.4. The molecule has 2 N–H and O–H groups in total. The Labute approximate surface area is 338 Å². The van der Waals surface area contributed by atoms with E-state index >= 15 is 0 Å². The Morgan fingerprint density at radius 2 is 1.18 bits per heavy atom. The highest BCUT2D eigenvalue weighted by atomic mass is 31.2. The first-order valence-corrected chi connectivity index (χ1v) is 23.9. The zero-order chi connectivity index (χ0) is 40.7. The standard InChI is InChI=1S/C44H86NO9P/c1-6-8-10-11-12-13-14-15-16-17-18-19-23-26-29-33-38-50-40-43(41-52-55(48,49)51-39-37-45(3,4)5)53-44(46)36-32-28-25-22-20-21-24-27-31-35-42(54-47)34-30-9-7-2/h24,27,31,35,42-43H,6-23,25-26,28-30,32-34,36-41H2,1-5H3,(H-,47,48,49)/p+1/b27-24-,35-31+. The molecule has 0 radical (unpaired) electrons. The van der Waals surface area contributed by atoms with Crippen molar-refractivity contribution in [2.24, 2.45) is 0 Å². The van der Waals surface area contributed by atoms with Crippen molar-refractivity contribution in [3.05, 3.63) is 24.3 Å². The van der Waals surface area contributed by atoms with Crippen LogP contribution in [0.2, 0.25) is 0 Å². The van der Waals surface area contributed by atoms with Crippen LogP contribution in [0, 0.1) is 0 Å². The van der Waals surface area contributed by atoms with E-state index in [-0.39, 0.29) is 38.3 Å². The number of nitrogens with zero attached hydrogens (tertiary/aromatic N) is 1. The van der Waals surface area contributed by atoms with E-state index in [9.17, 15) is 14.3 Å². The lowest BCUT2D eigenvalue weighted by molar-refractivity contribution is -0.870. The summed E-state index contributed by atoms with van der Waals surface area (Å²) >= 11 is 0. The third-order valence-electron chi connectivity index (χ3n) is 9.74. The molecule has 10 nitrogen and oxygen atoms in total.